The number of fused-ring (bicyclic) bond motifs is 1. The van der Waals surface area contributed by atoms with Crippen molar-refractivity contribution in [3.05, 3.63) is 24.3 Å². The lowest BCUT2D eigenvalue weighted by Gasteiger charge is -2.21. The number of anilines is 1. The fraction of sp³-hybridized carbons (Fsp3) is 0.385. The van der Waals surface area contributed by atoms with E-state index in [9.17, 15) is 4.79 Å². The van der Waals surface area contributed by atoms with Gasteiger partial charge in [-0.05, 0) is 25.5 Å². The number of benzene rings is 1. The van der Waals surface area contributed by atoms with Gasteiger partial charge in [0, 0.05) is 0 Å². The fourth-order valence-corrected chi connectivity index (χ4v) is 1.90. The summed E-state index contributed by atoms with van der Waals surface area (Å²) >= 11 is 0. The zero-order valence-corrected chi connectivity index (χ0v) is 10.7. The van der Waals surface area contributed by atoms with E-state index in [1.807, 2.05) is 31.2 Å². The summed E-state index contributed by atoms with van der Waals surface area (Å²) in [6, 6.07) is 7.61. The number of aromatic amines is 1. The summed E-state index contributed by atoms with van der Waals surface area (Å²) in [6.07, 6.45) is 1.50. The Labute approximate surface area is 106 Å². The van der Waals surface area contributed by atoms with Crippen molar-refractivity contribution in [1.29, 1.82) is 0 Å². The summed E-state index contributed by atoms with van der Waals surface area (Å²) in [5.41, 5.74) is 6.80. The number of nitrogens with zero attached hydrogens (tertiary/aromatic N) is 1. The highest BCUT2D eigenvalue weighted by Gasteiger charge is 2.27. The van der Waals surface area contributed by atoms with Gasteiger partial charge in [-0.2, -0.15) is 0 Å². The molecular formula is C13H18N4O. The van der Waals surface area contributed by atoms with Crippen LogP contribution >= 0.6 is 0 Å². The monoisotopic (exact) mass is 246 g/mol. The van der Waals surface area contributed by atoms with Crippen molar-refractivity contribution >= 4 is 22.9 Å². The quantitative estimate of drug-likeness (QED) is 0.771. The van der Waals surface area contributed by atoms with Crippen molar-refractivity contribution in [2.75, 3.05) is 5.32 Å². The molecule has 96 valence electrons. The van der Waals surface area contributed by atoms with Gasteiger partial charge < -0.3 is 10.7 Å². The summed E-state index contributed by atoms with van der Waals surface area (Å²) in [6.45, 7) is 3.73. The number of imidazole rings is 1. The van der Waals surface area contributed by atoms with Crippen LogP contribution in [0.3, 0.4) is 0 Å². The molecule has 1 amide bonds. The number of carbonyl (C=O) groups is 1. The van der Waals surface area contributed by atoms with Crippen molar-refractivity contribution in [3.63, 3.8) is 0 Å². The van der Waals surface area contributed by atoms with Crippen molar-refractivity contribution in [1.82, 2.24) is 9.97 Å². The molecular weight excluding hydrogens is 228 g/mol. The first-order valence-electron chi connectivity index (χ1n) is 6.08. The summed E-state index contributed by atoms with van der Waals surface area (Å²) in [5.74, 6) is 0.220. The lowest BCUT2D eigenvalue weighted by molar-refractivity contribution is -0.120. The number of amides is 1. The van der Waals surface area contributed by atoms with Crippen LogP contribution in [0.15, 0.2) is 24.3 Å². The molecule has 1 atom stereocenters. The van der Waals surface area contributed by atoms with Gasteiger partial charge in [0.25, 0.3) is 0 Å². The number of hydrogen-bond acceptors (Lipinski definition) is 3. The molecule has 2 rings (SSSR count). The molecule has 0 bridgehead atoms. The Hall–Kier alpha value is -1.88. The van der Waals surface area contributed by atoms with Crippen molar-refractivity contribution in [2.45, 2.75) is 32.2 Å². The van der Waals surface area contributed by atoms with Crippen LogP contribution < -0.4 is 11.1 Å². The highest BCUT2D eigenvalue weighted by atomic mass is 16.2. The van der Waals surface area contributed by atoms with Gasteiger partial charge in [0.15, 0.2) is 0 Å². The van der Waals surface area contributed by atoms with Crippen molar-refractivity contribution in [3.8, 4) is 0 Å². The van der Waals surface area contributed by atoms with E-state index >= 15 is 0 Å². The maximum absolute atomic E-state index is 12.0. The average molecular weight is 246 g/mol. The molecule has 5 nitrogen and oxygen atoms in total. The van der Waals surface area contributed by atoms with E-state index in [0.717, 1.165) is 17.5 Å². The molecule has 1 aromatic heterocycles. The molecule has 0 aliphatic rings. The molecule has 1 aromatic carbocycles. The second-order valence-electron chi connectivity index (χ2n) is 4.72. The van der Waals surface area contributed by atoms with Crippen LogP contribution in [0.5, 0.6) is 0 Å². The number of nitrogens with one attached hydrogen (secondary N) is 2. The lowest BCUT2D eigenvalue weighted by Crippen LogP contribution is -2.48. The number of carbonyl (C=O) groups excluding carboxylic acids is 1. The first kappa shape index (κ1) is 12.6. The summed E-state index contributed by atoms with van der Waals surface area (Å²) in [4.78, 5) is 19.3. The van der Waals surface area contributed by atoms with Gasteiger partial charge in [0.2, 0.25) is 11.9 Å². The van der Waals surface area contributed by atoms with Gasteiger partial charge in [0.1, 0.15) is 0 Å². The predicted octanol–water partition coefficient (Wildman–Crippen LogP) is 2.02. The zero-order chi connectivity index (χ0) is 13.2. The molecule has 0 saturated heterocycles. The number of H-pyrrole nitrogens is 1. The van der Waals surface area contributed by atoms with E-state index in [0.29, 0.717) is 12.4 Å². The number of aromatic nitrogens is 2. The first-order valence-corrected chi connectivity index (χ1v) is 6.08. The number of nitrogens with two attached hydrogens (primary N) is 1. The number of rotatable bonds is 4. The molecule has 0 fully saturated rings. The second kappa shape index (κ2) is 4.78. The topological polar surface area (TPSA) is 83.8 Å². The van der Waals surface area contributed by atoms with Crippen LogP contribution in [0.1, 0.15) is 26.7 Å². The molecule has 18 heavy (non-hydrogen) atoms. The third-order valence-electron chi connectivity index (χ3n) is 2.91. The fourth-order valence-electron chi connectivity index (χ4n) is 1.90. The second-order valence-corrected chi connectivity index (χ2v) is 4.72. The standard InChI is InChI=1S/C13H18N4O/c1-3-8-13(2,14)11(18)17-12-15-9-6-4-5-7-10(9)16-12/h4-7H,3,8,14H2,1-2H3,(H2,15,16,17,18). The van der Waals surface area contributed by atoms with Gasteiger partial charge >= 0.3 is 0 Å². The van der Waals surface area contributed by atoms with Crippen LogP contribution in [-0.4, -0.2) is 21.4 Å². The number of para-hydroxylation sites is 2. The van der Waals surface area contributed by atoms with E-state index in [4.69, 9.17) is 5.73 Å². The van der Waals surface area contributed by atoms with Gasteiger partial charge in [-0.15, -0.1) is 0 Å². The van der Waals surface area contributed by atoms with Crippen LogP contribution in [0.4, 0.5) is 5.95 Å². The Morgan fingerprint density at radius 3 is 2.89 bits per heavy atom. The maximum Gasteiger partial charge on any atom is 0.246 e. The Balaban J connectivity index is 2.16. The minimum atomic E-state index is -0.867. The van der Waals surface area contributed by atoms with Gasteiger partial charge in [-0.25, -0.2) is 4.98 Å². The Bertz CT molecular complexity index is 526. The van der Waals surface area contributed by atoms with Crippen molar-refractivity contribution in [2.24, 2.45) is 5.73 Å². The molecule has 0 saturated carbocycles. The normalized spacial score (nSPS) is 14.4. The molecule has 2 aromatic rings. The van der Waals surface area contributed by atoms with Gasteiger partial charge in [0.05, 0.1) is 16.6 Å². The zero-order valence-electron chi connectivity index (χ0n) is 10.7. The summed E-state index contributed by atoms with van der Waals surface area (Å²) < 4.78 is 0. The molecule has 1 heterocycles. The molecule has 0 aliphatic heterocycles. The van der Waals surface area contributed by atoms with Crippen LogP contribution in [0.2, 0.25) is 0 Å². The summed E-state index contributed by atoms with van der Waals surface area (Å²) in [7, 11) is 0. The number of hydrogen-bond donors (Lipinski definition) is 3. The Morgan fingerprint density at radius 2 is 2.22 bits per heavy atom. The van der Waals surface area contributed by atoms with Crippen molar-refractivity contribution < 1.29 is 4.79 Å². The summed E-state index contributed by atoms with van der Waals surface area (Å²) in [5, 5.41) is 2.73. The largest absolute Gasteiger partial charge is 0.324 e. The third-order valence-corrected chi connectivity index (χ3v) is 2.91. The van der Waals surface area contributed by atoms with Crippen LogP contribution in [-0.2, 0) is 4.79 Å². The SMILES string of the molecule is CCCC(C)(N)C(=O)Nc1nc2ccccc2[nH]1. The van der Waals surface area contributed by atoms with Gasteiger partial charge in [-0.3, -0.25) is 10.1 Å². The van der Waals surface area contributed by atoms with Gasteiger partial charge in [-0.1, -0.05) is 25.5 Å². The van der Waals surface area contributed by atoms with Crippen LogP contribution in [0, 0.1) is 0 Å². The molecule has 4 N–H and O–H groups in total. The molecule has 0 aliphatic carbocycles. The van der Waals surface area contributed by atoms with Crippen LogP contribution in [0.25, 0.3) is 11.0 Å². The smallest absolute Gasteiger partial charge is 0.246 e. The van der Waals surface area contributed by atoms with E-state index in [-0.39, 0.29) is 5.91 Å². The van der Waals surface area contributed by atoms with E-state index < -0.39 is 5.54 Å². The average Bonchev–Trinajstić information content (AvgIpc) is 2.70. The Kier molecular flexibility index (Phi) is 3.34. The van der Waals surface area contributed by atoms with E-state index in [1.165, 1.54) is 0 Å². The maximum atomic E-state index is 12.0. The lowest BCUT2D eigenvalue weighted by atomic mass is 9.97. The molecule has 5 heteroatoms. The van der Waals surface area contributed by atoms with E-state index in [1.54, 1.807) is 6.92 Å². The van der Waals surface area contributed by atoms with E-state index in [2.05, 4.69) is 15.3 Å². The highest BCUT2D eigenvalue weighted by molar-refractivity contribution is 5.97. The molecule has 0 spiro atoms. The Morgan fingerprint density at radius 1 is 1.50 bits per heavy atom. The minimum absolute atomic E-state index is 0.219. The molecule has 1 unspecified atom stereocenters. The predicted molar refractivity (Wildman–Crippen MR) is 72.2 cm³/mol. The third kappa shape index (κ3) is 2.51. The highest BCUT2D eigenvalue weighted by Crippen LogP contribution is 2.15. The molecule has 0 radical (unpaired) electrons. The first-order chi connectivity index (χ1) is 8.53. The minimum Gasteiger partial charge on any atom is -0.324 e.